The predicted octanol–water partition coefficient (Wildman–Crippen LogP) is 3.39. The Morgan fingerprint density at radius 2 is 1.84 bits per heavy atom. The number of halogens is 1. The molecule has 2 aromatic carbocycles. The van der Waals surface area contributed by atoms with Crippen molar-refractivity contribution in [2.45, 2.75) is 13.1 Å². The van der Waals surface area contributed by atoms with Crippen molar-refractivity contribution in [3.05, 3.63) is 77.8 Å². The second-order valence-corrected chi connectivity index (χ2v) is 7.46. The zero-order valence-corrected chi connectivity index (χ0v) is 17.4. The first-order valence-electron chi connectivity index (χ1n) is 10.2. The van der Waals surface area contributed by atoms with Crippen LogP contribution in [0.4, 0.5) is 10.1 Å². The van der Waals surface area contributed by atoms with E-state index in [1.54, 1.807) is 13.2 Å². The number of nitrogens with zero attached hydrogens (tertiary/aromatic N) is 3. The highest BCUT2D eigenvalue weighted by Crippen LogP contribution is 2.20. The van der Waals surface area contributed by atoms with Crippen LogP contribution in [0.25, 0.3) is 0 Å². The fourth-order valence-electron chi connectivity index (χ4n) is 3.62. The minimum atomic E-state index is -0.428. The van der Waals surface area contributed by atoms with E-state index >= 15 is 0 Å². The van der Waals surface area contributed by atoms with E-state index in [0.717, 1.165) is 38.5 Å². The molecule has 0 unspecified atom stereocenters. The molecule has 0 radical (unpaired) electrons. The van der Waals surface area contributed by atoms with Crippen molar-refractivity contribution in [2.75, 3.05) is 38.6 Å². The monoisotopic (exact) mass is 424 g/mol. The number of rotatable bonds is 7. The number of ether oxygens (including phenoxy) is 1. The summed E-state index contributed by atoms with van der Waals surface area (Å²) in [6, 6.07) is 13.8. The second-order valence-electron chi connectivity index (χ2n) is 7.46. The van der Waals surface area contributed by atoms with Gasteiger partial charge in [-0.25, -0.2) is 9.37 Å². The lowest BCUT2D eigenvalue weighted by Crippen LogP contribution is -2.45. The Labute approximate surface area is 180 Å². The van der Waals surface area contributed by atoms with E-state index < -0.39 is 11.7 Å². The highest BCUT2D eigenvalue weighted by atomic mass is 19.1. The van der Waals surface area contributed by atoms with Gasteiger partial charge in [-0.3, -0.25) is 14.6 Å². The molecule has 0 atom stereocenters. The first-order chi connectivity index (χ1) is 15.1. The van der Waals surface area contributed by atoms with Crippen molar-refractivity contribution in [2.24, 2.45) is 0 Å². The van der Waals surface area contributed by atoms with E-state index in [9.17, 15) is 9.18 Å². The maximum atomic E-state index is 13.3. The van der Waals surface area contributed by atoms with Gasteiger partial charge in [-0.05, 0) is 24.3 Å². The van der Waals surface area contributed by atoms with Crippen LogP contribution < -0.4 is 10.1 Å². The predicted molar refractivity (Wildman–Crippen MR) is 114 cm³/mol. The van der Waals surface area contributed by atoms with Gasteiger partial charge < -0.3 is 14.5 Å². The summed E-state index contributed by atoms with van der Waals surface area (Å²) in [5.74, 6) is 0.557. The summed E-state index contributed by atoms with van der Waals surface area (Å²) in [6.07, 6.45) is 1.34. The number of carbonyl (C=O) groups excluding carboxylic acids is 1. The molecule has 1 aromatic heterocycles. The van der Waals surface area contributed by atoms with Gasteiger partial charge in [-0.2, -0.15) is 0 Å². The molecule has 0 aliphatic carbocycles. The largest absolute Gasteiger partial charge is 0.496 e. The van der Waals surface area contributed by atoms with Crippen LogP contribution in [-0.2, 0) is 13.1 Å². The van der Waals surface area contributed by atoms with Gasteiger partial charge >= 0.3 is 0 Å². The maximum absolute atomic E-state index is 13.3. The molecule has 8 heteroatoms. The average molecular weight is 424 g/mol. The molecule has 4 rings (SSSR count). The van der Waals surface area contributed by atoms with E-state index in [2.05, 4.69) is 26.2 Å². The number of piperazine rings is 1. The third-order valence-electron chi connectivity index (χ3n) is 5.28. The molecule has 1 fully saturated rings. The Morgan fingerprint density at radius 1 is 1.10 bits per heavy atom. The quantitative estimate of drug-likeness (QED) is 0.627. The summed E-state index contributed by atoms with van der Waals surface area (Å²) in [5, 5.41) is 2.62. The Kier molecular flexibility index (Phi) is 6.59. The van der Waals surface area contributed by atoms with E-state index in [1.165, 1.54) is 30.0 Å². The van der Waals surface area contributed by atoms with Gasteiger partial charge in [-0.15, -0.1) is 0 Å². The van der Waals surface area contributed by atoms with Crippen LogP contribution in [0.2, 0.25) is 0 Å². The number of oxazole rings is 1. The third-order valence-corrected chi connectivity index (χ3v) is 5.28. The van der Waals surface area contributed by atoms with Crippen LogP contribution >= 0.6 is 0 Å². The lowest BCUT2D eigenvalue weighted by molar-refractivity contribution is 0.102. The Balaban J connectivity index is 1.27. The highest BCUT2D eigenvalue weighted by molar-refractivity contribution is 6.02. The number of nitrogens with one attached hydrogen (secondary N) is 1. The smallest absolute Gasteiger partial charge is 0.277 e. The van der Waals surface area contributed by atoms with Crippen LogP contribution in [0.3, 0.4) is 0 Å². The zero-order chi connectivity index (χ0) is 21.6. The molecular weight excluding hydrogens is 399 g/mol. The summed E-state index contributed by atoms with van der Waals surface area (Å²) in [5.41, 5.74) is 1.73. The summed E-state index contributed by atoms with van der Waals surface area (Å²) in [7, 11) is 1.69. The van der Waals surface area contributed by atoms with Gasteiger partial charge in [0.1, 0.15) is 17.8 Å². The van der Waals surface area contributed by atoms with E-state index in [1.807, 2.05) is 18.2 Å². The molecule has 1 N–H and O–H groups in total. The number of hydrogen-bond acceptors (Lipinski definition) is 6. The van der Waals surface area contributed by atoms with Crippen LogP contribution in [0.15, 0.2) is 59.2 Å². The number of methoxy groups -OCH3 is 1. The van der Waals surface area contributed by atoms with Gasteiger partial charge in [0.15, 0.2) is 5.69 Å². The summed E-state index contributed by atoms with van der Waals surface area (Å²) < 4.78 is 24.2. The normalized spacial score (nSPS) is 15.0. The van der Waals surface area contributed by atoms with Crippen molar-refractivity contribution in [1.82, 2.24) is 14.8 Å². The number of anilines is 1. The lowest BCUT2D eigenvalue weighted by Gasteiger charge is -2.34. The SMILES string of the molecule is COc1ccccc1CN1CCN(Cc2nc(C(=O)Nc3cccc(F)c3)co2)CC1. The molecule has 0 saturated carbocycles. The van der Waals surface area contributed by atoms with Gasteiger partial charge in [-0.1, -0.05) is 24.3 Å². The van der Waals surface area contributed by atoms with Gasteiger partial charge in [0.05, 0.1) is 13.7 Å². The van der Waals surface area contributed by atoms with Gasteiger partial charge in [0, 0.05) is 44.0 Å². The number of carbonyl (C=O) groups is 1. The van der Waals surface area contributed by atoms with E-state index in [4.69, 9.17) is 9.15 Å². The highest BCUT2D eigenvalue weighted by Gasteiger charge is 2.20. The molecule has 3 aromatic rings. The number of amides is 1. The van der Waals surface area contributed by atoms with Crippen molar-refractivity contribution in [1.29, 1.82) is 0 Å². The summed E-state index contributed by atoms with van der Waals surface area (Å²) >= 11 is 0. The topological polar surface area (TPSA) is 70.8 Å². The zero-order valence-electron chi connectivity index (χ0n) is 17.4. The standard InChI is InChI=1S/C23H25FN4O3/c1-30-21-8-3-2-5-17(21)14-27-9-11-28(12-10-27)15-22-26-20(16-31-22)23(29)25-19-7-4-6-18(24)13-19/h2-8,13,16H,9-12,14-15H2,1H3,(H,25,29). The van der Waals surface area contributed by atoms with Crippen molar-refractivity contribution in [3.63, 3.8) is 0 Å². The lowest BCUT2D eigenvalue weighted by atomic mass is 10.1. The number of aromatic nitrogens is 1. The van der Waals surface area contributed by atoms with Gasteiger partial charge in [0.2, 0.25) is 5.89 Å². The molecule has 1 aliphatic heterocycles. The molecule has 1 aliphatic rings. The molecule has 0 bridgehead atoms. The molecule has 0 spiro atoms. The molecule has 31 heavy (non-hydrogen) atoms. The number of benzene rings is 2. The van der Waals surface area contributed by atoms with Crippen LogP contribution in [0.5, 0.6) is 5.75 Å². The molecule has 162 valence electrons. The molecule has 7 nitrogen and oxygen atoms in total. The first-order valence-corrected chi connectivity index (χ1v) is 10.2. The molecule has 2 heterocycles. The average Bonchev–Trinajstić information content (AvgIpc) is 3.24. The molecule has 1 amide bonds. The van der Waals surface area contributed by atoms with Crippen molar-refractivity contribution in [3.8, 4) is 5.75 Å². The second kappa shape index (κ2) is 9.72. The van der Waals surface area contributed by atoms with Crippen LogP contribution in [0.1, 0.15) is 21.9 Å². The number of para-hydroxylation sites is 1. The maximum Gasteiger partial charge on any atom is 0.277 e. The Morgan fingerprint density at radius 3 is 2.58 bits per heavy atom. The first kappa shape index (κ1) is 21.0. The molecule has 1 saturated heterocycles. The number of hydrogen-bond donors (Lipinski definition) is 1. The van der Waals surface area contributed by atoms with Gasteiger partial charge in [0.25, 0.3) is 5.91 Å². The van der Waals surface area contributed by atoms with E-state index in [-0.39, 0.29) is 5.69 Å². The summed E-state index contributed by atoms with van der Waals surface area (Å²) in [6.45, 7) is 4.99. The minimum absolute atomic E-state index is 0.175. The fourth-order valence-corrected chi connectivity index (χ4v) is 3.62. The van der Waals surface area contributed by atoms with Crippen molar-refractivity contribution < 1.29 is 18.3 Å². The van der Waals surface area contributed by atoms with Crippen LogP contribution in [-0.4, -0.2) is 54.0 Å². The summed E-state index contributed by atoms with van der Waals surface area (Å²) in [4.78, 5) is 21.2. The van der Waals surface area contributed by atoms with Crippen molar-refractivity contribution >= 4 is 11.6 Å². The third kappa shape index (κ3) is 5.48. The Bertz CT molecular complexity index is 1030. The Hall–Kier alpha value is -3.23. The van der Waals surface area contributed by atoms with E-state index in [0.29, 0.717) is 18.1 Å². The molecular formula is C23H25FN4O3. The van der Waals surface area contributed by atoms with Crippen LogP contribution in [0, 0.1) is 5.82 Å². The fraction of sp³-hybridized carbons (Fsp3) is 0.304. The minimum Gasteiger partial charge on any atom is -0.496 e.